The van der Waals surface area contributed by atoms with Crippen molar-refractivity contribution in [2.24, 2.45) is 0 Å². The maximum Gasteiger partial charge on any atom is 0.0911 e. The summed E-state index contributed by atoms with van der Waals surface area (Å²) in [5.41, 5.74) is 3.94. The second-order valence-electron chi connectivity index (χ2n) is 6.09. The number of nitrogens with zero attached hydrogens (tertiary/aromatic N) is 2. The smallest absolute Gasteiger partial charge is 0.0911 e. The summed E-state index contributed by atoms with van der Waals surface area (Å²) in [5.74, 6) is 0. The lowest BCUT2D eigenvalue weighted by Gasteiger charge is -2.32. The van der Waals surface area contributed by atoms with E-state index in [0.717, 1.165) is 12.1 Å². The van der Waals surface area contributed by atoms with Crippen LogP contribution in [0, 0.1) is 0 Å². The van der Waals surface area contributed by atoms with Gasteiger partial charge in [0.15, 0.2) is 0 Å². The van der Waals surface area contributed by atoms with E-state index in [1.54, 1.807) is 0 Å². The van der Waals surface area contributed by atoms with Crippen LogP contribution < -0.4 is 4.90 Å². The van der Waals surface area contributed by atoms with Crippen LogP contribution in [0.3, 0.4) is 0 Å². The number of likely N-dealkylation sites (N-methyl/N-ethyl adjacent to an activating group) is 2. The number of hydrogen-bond donors (Lipinski definition) is 1. The molecular weight excluding hydrogens is 224 g/mol. The van der Waals surface area contributed by atoms with Crippen molar-refractivity contribution in [1.29, 1.82) is 0 Å². The van der Waals surface area contributed by atoms with Gasteiger partial charge in [0.1, 0.15) is 0 Å². The Hall–Kier alpha value is -1.06. The third-order valence-electron chi connectivity index (χ3n) is 4.84. The highest BCUT2D eigenvalue weighted by Gasteiger charge is 2.52. The van der Waals surface area contributed by atoms with Crippen molar-refractivity contribution in [3.05, 3.63) is 29.3 Å². The molecular formula is C15H22N2O. The standard InChI is InChI=1S/C15H22N2O/c1-10(18)11-5-6-13-12(9-11)15(2)7-8-16(3)14(15)17(13)4/h5-6,9-10,14,18H,7-8H2,1-4H3/t10-,14+,15+/m0/s1. The Morgan fingerprint density at radius 3 is 2.78 bits per heavy atom. The molecule has 1 aromatic rings. The quantitative estimate of drug-likeness (QED) is 0.822. The largest absolute Gasteiger partial charge is 0.389 e. The highest BCUT2D eigenvalue weighted by Crippen LogP contribution is 2.51. The summed E-state index contributed by atoms with van der Waals surface area (Å²) in [4.78, 5) is 4.82. The van der Waals surface area contributed by atoms with E-state index in [9.17, 15) is 5.11 Å². The van der Waals surface area contributed by atoms with Crippen molar-refractivity contribution in [1.82, 2.24) is 4.90 Å². The van der Waals surface area contributed by atoms with E-state index in [0.29, 0.717) is 6.17 Å². The summed E-state index contributed by atoms with van der Waals surface area (Å²) < 4.78 is 0. The molecule has 2 heterocycles. The lowest BCUT2D eigenvalue weighted by molar-refractivity contribution is 0.199. The first kappa shape index (κ1) is 12.0. The molecule has 1 saturated heterocycles. The Labute approximate surface area is 109 Å². The first-order chi connectivity index (χ1) is 8.45. The second-order valence-corrected chi connectivity index (χ2v) is 6.09. The van der Waals surface area contributed by atoms with Gasteiger partial charge in [-0.25, -0.2) is 0 Å². The van der Waals surface area contributed by atoms with Gasteiger partial charge >= 0.3 is 0 Å². The van der Waals surface area contributed by atoms with Gasteiger partial charge in [-0.15, -0.1) is 0 Å². The van der Waals surface area contributed by atoms with Crippen LogP contribution in [0.1, 0.15) is 37.5 Å². The lowest BCUT2D eigenvalue weighted by Crippen LogP contribution is -2.45. The minimum atomic E-state index is -0.387. The summed E-state index contributed by atoms with van der Waals surface area (Å²) >= 11 is 0. The average molecular weight is 246 g/mol. The molecule has 0 saturated carbocycles. The van der Waals surface area contributed by atoms with Gasteiger partial charge in [-0.3, -0.25) is 4.90 Å². The molecule has 0 amide bonds. The van der Waals surface area contributed by atoms with Crippen molar-refractivity contribution < 1.29 is 5.11 Å². The Kier molecular flexibility index (Phi) is 2.48. The predicted molar refractivity (Wildman–Crippen MR) is 73.9 cm³/mol. The fraction of sp³-hybridized carbons (Fsp3) is 0.600. The number of rotatable bonds is 1. The molecule has 98 valence electrons. The lowest BCUT2D eigenvalue weighted by atomic mass is 9.80. The summed E-state index contributed by atoms with van der Waals surface area (Å²) in [6.45, 7) is 5.33. The molecule has 3 rings (SSSR count). The highest BCUT2D eigenvalue weighted by molar-refractivity contribution is 5.65. The van der Waals surface area contributed by atoms with Crippen molar-refractivity contribution in [2.45, 2.75) is 38.0 Å². The molecule has 0 aliphatic carbocycles. The van der Waals surface area contributed by atoms with Gasteiger partial charge in [0, 0.05) is 24.7 Å². The van der Waals surface area contributed by atoms with Crippen LogP contribution in [0.15, 0.2) is 18.2 Å². The summed E-state index contributed by atoms with van der Waals surface area (Å²) in [6.07, 6.45) is 1.26. The number of benzene rings is 1. The third kappa shape index (κ3) is 1.38. The molecule has 2 aliphatic heterocycles. The van der Waals surface area contributed by atoms with Crippen LogP contribution >= 0.6 is 0 Å². The third-order valence-corrected chi connectivity index (χ3v) is 4.84. The normalized spacial score (nSPS) is 32.5. The Balaban J connectivity index is 2.14. The molecule has 0 unspecified atom stereocenters. The minimum Gasteiger partial charge on any atom is -0.389 e. The zero-order valence-electron chi connectivity index (χ0n) is 11.6. The van der Waals surface area contributed by atoms with Crippen molar-refractivity contribution in [3.8, 4) is 0 Å². The Morgan fingerprint density at radius 2 is 2.11 bits per heavy atom. The summed E-state index contributed by atoms with van der Waals surface area (Å²) in [7, 11) is 4.38. The molecule has 0 spiro atoms. The van der Waals surface area contributed by atoms with Gasteiger partial charge in [-0.2, -0.15) is 0 Å². The fourth-order valence-corrected chi connectivity index (χ4v) is 3.85. The Morgan fingerprint density at radius 1 is 1.39 bits per heavy atom. The van der Waals surface area contributed by atoms with Gasteiger partial charge in [-0.05, 0) is 37.6 Å². The summed E-state index contributed by atoms with van der Waals surface area (Å²) in [6, 6.07) is 6.41. The molecule has 3 nitrogen and oxygen atoms in total. The Bertz CT molecular complexity index is 485. The second kappa shape index (κ2) is 3.72. The van der Waals surface area contributed by atoms with Crippen LogP contribution in [0.4, 0.5) is 5.69 Å². The zero-order valence-corrected chi connectivity index (χ0v) is 11.6. The highest BCUT2D eigenvalue weighted by atomic mass is 16.3. The average Bonchev–Trinajstić information content (AvgIpc) is 2.75. The maximum absolute atomic E-state index is 9.77. The monoisotopic (exact) mass is 246 g/mol. The molecule has 18 heavy (non-hydrogen) atoms. The van der Waals surface area contributed by atoms with E-state index in [1.807, 2.05) is 13.0 Å². The zero-order chi connectivity index (χ0) is 13.1. The molecule has 1 N–H and O–H groups in total. The van der Waals surface area contributed by atoms with E-state index >= 15 is 0 Å². The minimum absolute atomic E-state index is 0.198. The number of hydrogen-bond acceptors (Lipinski definition) is 3. The van der Waals surface area contributed by atoms with Crippen molar-refractivity contribution in [2.75, 3.05) is 25.5 Å². The maximum atomic E-state index is 9.77. The van der Waals surface area contributed by atoms with Crippen LogP contribution in [-0.2, 0) is 5.41 Å². The summed E-state index contributed by atoms with van der Waals surface area (Å²) in [5, 5.41) is 9.77. The number of likely N-dealkylation sites (tertiary alicyclic amines) is 1. The SMILES string of the molecule is C[C@H](O)c1ccc2c(c1)[C@@]1(C)CCN(C)[C@@H]1N2C. The van der Waals surface area contributed by atoms with Gasteiger partial charge in [0.25, 0.3) is 0 Å². The molecule has 0 radical (unpaired) electrons. The molecule has 2 aliphatic rings. The first-order valence-electron chi connectivity index (χ1n) is 6.71. The molecule has 0 bridgehead atoms. The number of anilines is 1. The van der Waals surface area contributed by atoms with Crippen LogP contribution in [-0.4, -0.2) is 36.8 Å². The predicted octanol–water partition coefficient (Wildman–Crippen LogP) is 2.11. The topological polar surface area (TPSA) is 26.7 Å². The number of aliphatic hydroxyl groups excluding tert-OH is 1. The van der Waals surface area contributed by atoms with Gasteiger partial charge in [0.2, 0.25) is 0 Å². The van der Waals surface area contributed by atoms with Crippen LogP contribution in [0.5, 0.6) is 0 Å². The van der Waals surface area contributed by atoms with E-state index in [1.165, 1.54) is 17.7 Å². The van der Waals surface area contributed by atoms with Crippen LogP contribution in [0.25, 0.3) is 0 Å². The molecule has 3 heteroatoms. The number of aliphatic hydroxyl groups is 1. The fourth-order valence-electron chi connectivity index (χ4n) is 3.85. The molecule has 0 aromatic heterocycles. The van der Waals surface area contributed by atoms with Crippen LogP contribution in [0.2, 0.25) is 0 Å². The van der Waals surface area contributed by atoms with Gasteiger partial charge in [-0.1, -0.05) is 19.1 Å². The van der Waals surface area contributed by atoms with E-state index in [2.05, 4.69) is 43.0 Å². The van der Waals surface area contributed by atoms with Crippen molar-refractivity contribution in [3.63, 3.8) is 0 Å². The number of fused-ring (bicyclic) bond motifs is 3. The molecule has 1 aromatic carbocycles. The van der Waals surface area contributed by atoms with Gasteiger partial charge < -0.3 is 10.0 Å². The van der Waals surface area contributed by atoms with E-state index in [4.69, 9.17) is 0 Å². The first-order valence-corrected chi connectivity index (χ1v) is 6.71. The van der Waals surface area contributed by atoms with Gasteiger partial charge in [0.05, 0.1) is 12.3 Å². The van der Waals surface area contributed by atoms with E-state index < -0.39 is 0 Å². The van der Waals surface area contributed by atoms with E-state index in [-0.39, 0.29) is 11.5 Å². The van der Waals surface area contributed by atoms with Crippen molar-refractivity contribution >= 4 is 5.69 Å². The molecule has 1 fully saturated rings. The molecule has 3 atom stereocenters.